The topological polar surface area (TPSA) is 102 Å². The molecular formula is C24H30BF2N7O2. The number of hydrogen-bond acceptors (Lipinski definition) is 7. The Bertz CT molecular complexity index is 1060. The summed E-state index contributed by atoms with van der Waals surface area (Å²) in [4.78, 5) is 37.8. The van der Waals surface area contributed by atoms with E-state index in [4.69, 9.17) is 7.85 Å². The maximum absolute atomic E-state index is 12.7. The second kappa shape index (κ2) is 11.6. The number of hydrogen-bond donors (Lipinski definition) is 3. The van der Waals surface area contributed by atoms with Crippen molar-refractivity contribution >= 4 is 42.6 Å². The number of benzene rings is 1. The quantitative estimate of drug-likeness (QED) is 0.474. The van der Waals surface area contributed by atoms with Crippen molar-refractivity contribution in [1.82, 2.24) is 25.1 Å². The molecule has 1 saturated carbocycles. The van der Waals surface area contributed by atoms with Crippen molar-refractivity contribution in [2.75, 3.05) is 50.4 Å². The summed E-state index contributed by atoms with van der Waals surface area (Å²) in [6.07, 6.45) is 0.958. The lowest BCUT2D eigenvalue weighted by atomic mass is 9.97. The van der Waals surface area contributed by atoms with E-state index in [0.717, 1.165) is 19.5 Å². The molecule has 2 fully saturated rings. The summed E-state index contributed by atoms with van der Waals surface area (Å²) in [6.45, 7) is 2.47. The normalized spacial score (nSPS) is 20.4. The first-order chi connectivity index (χ1) is 17.3. The molecule has 1 aromatic heterocycles. The fraction of sp³-hybridized carbons (Fsp3) is 0.500. The second-order valence-corrected chi connectivity index (χ2v) is 9.22. The van der Waals surface area contributed by atoms with E-state index < -0.39 is 24.8 Å². The summed E-state index contributed by atoms with van der Waals surface area (Å²) < 4.78 is 24.9. The van der Waals surface area contributed by atoms with E-state index >= 15 is 0 Å². The van der Waals surface area contributed by atoms with E-state index in [1.807, 2.05) is 11.9 Å². The van der Waals surface area contributed by atoms with Gasteiger partial charge in [-0.05, 0) is 49.6 Å². The molecule has 1 aliphatic heterocycles. The molecule has 0 spiro atoms. The standard InChI is InChI=1S/C24H30BF2N7O2/c1-33-9-11-34(12-10-33)23(36)15-5-7-16(8-6-15)30-24-29-13-18(25)21(32-24)31-19-4-2-3-17(19)22(35)28-14-20(26)27/h5-8,13,17,19-20H,2-4,9-12,14H2,1H3,(H,28,35)(H2,29,30,31,32)/t17-,19+/m0/s1. The molecule has 1 saturated heterocycles. The number of anilines is 3. The fourth-order valence-electron chi connectivity index (χ4n) is 4.52. The summed E-state index contributed by atoms with van der Waals surface area (Å²) in [5.41, 5.74) is 1.63. The molecule has 2 heterocycles. The van der Waals surface area contributed by atoms with Crippen LogP contribution in [-0.4, -0.2) is 91.7 Å². The van der Waals surface area contributed by atoms with E-state index in [9.17, 15) is 18.4 Å². The Balaban J connectivity index is 1.38. The maximum atomic E-state index is 12.7. The number of rotatable bonds is 8. The summed E-state index contributed by atoms with van der Waals surface area (Å²) in [7, 11) is 8.10. The number of carbonyl (C=O) groups is 2. The van der Waals surface area contributed by atoms with Gasteiger partial charge in [0.15, 0.2) is 0 Å². The van der Waals surface area contributed by atoms with E-state index in [1.54, 1.807) is 24.3 Å². The molecule has 36 heavy (non-hydrogen) atoms. The summed E-state index contributed by atoms with van der Waals surface area (Å²) in [5.74, 6) is -0.176. The molecule has 2 aromatic rings. The van der Waals surface area contributed by atoms with Gasteiger partial charge in [-0.25, -0.2) is 13.8 Å². The number of nitrogens with one attached hydrogen (secondary N) is 3. The molecule has 0 unspecified atom stereocenters. The first-order valence-corrected chi connectivity index (χ1v) is 12.1. The highest BCUT2D eigenvalue weighted by molar-refractivity contribution is 6.35. The first kappa shape index (κ1) is 25.8. The number of halogens is 2. The highest BCUT2D eigenvalue weighted by Gasteiger charge is 2.33. The van der Waals surface area contributed by atoms with Gasteiger partial charge in [0.05, 0.1) is 12.5 Å². The number of carbonyl (C=O) groups excluding carboxylic acids is 2. The zero-order valence-corrected chi connectivity index (χ0v) is 20.2. The number of nitrogens with zero attached hydrogens (tertiary/aromatic N) is 4. The molecule has 2 radical (unpaired) electrons. The minimum absolute atomic E-state index is 0.00794. The maximum Gasteiger partial charge on any atom is 0.255 e. The molecule has 12 heteroatoms. The van der Waals surface area contributed by atoms with E-state index in [0.29, 0.717) is 54.4 Å². The largest absolute Gasteiger partial charge is 0.367 e. The van der Waals surface area contributed by atoms with Crippen LogP contribution in [0.5, 0.6) is 0 Å². The molecule has 190 valence electrons. The number of amides is 2. The monoisotopic (exact) mass is 497 g/mol. The van der Waals surface area contributed by atoms with Crippen molar-refractivity contribution in [2.45, 2.75) is 31.7 Å². The molecule has 3 N–H and O–H groups in total. The van der Waals surface area contributed by atoms with Crippen LogP contribution in [0, 0.1) is 5.92 Å². The van der Waals surface area contributed by atoms with Gasteiger partial charge in [0, 0.05) is 49.7 Å². The van der Waals surface area contributed by atoms with Crippen LogP contribution in [0.1, 0.15) is 29.6 Å². The van der Waals surface area contributed by atoms with Gasteiger partial charge in [0.2, 0.25) is 11.9 Å². The third-order valence-corrected chi connectivity index (χ3v) is 6.60. The Morgan fingerprint density at radius 1 is 1.14 bits per heavy atom. The highest BCUT2D eigenvalue weighted by atomic mass is 19.3. The van der Waals surface area contributed by atoms with Gasteiger partial charge in [-0.3, -0.25) is 9.59 Å². The molecular weight excluding hydrogens is 467 g/mol. The lowest BCUT2D eigenvalue weighted by Crippen LogP contribution is -2.47. The van der Waals surface area contributed by atoms with E-state index in [1.165, 1.54) is 6.20 Å². The van der Waals surface area contributed by atoms with Crippen LogP contribution < -0.4 is 21.4 Å². The number of piperazine rings is 1. The van der Waals surface area contributed by atoms with Crippen molar-refractivity contribution in [2.24, 2.45) is 5.92 Å². The summed E-state index contributed by atoms with van der Waals surface area (Å²) >= 11 is 0. The lowest BCUT2D eigenvalue weighted by Gasteiger charge is -2.32. The average molecular weight is 497 g/mol. The molecule has 2 aliphatic rings. The lowest BCUT2D eigenvalue weighted by molar-refractivity contribution is -0.125. The van der Waals surface area contributed by atoms with Crippen LogP contribution in [0.2, 0.25) is 0 Å². The van der Waals surface area contributed by atoms with Gasteiger partial charge >= 0.3 is 0 Å². The van der Waals surface area contributed by atoms with Crippen molar-refractivity contribution < 1.29 is 18.4 Å². The minimum Gasteiger partial charge on any atom is -0.367 e. The Hall–Kier alpha value is -3.28. The third kappa shape index (κ3) is 6.48. The van der Waals surface area contributed by atoms with Crippen LogP contribution in [0.15, 0.2) is 30.5 Å². The molecule has 4 rings (SSSR count). The Labute approximate surface area is 210 Å². The molecule has 9 nitrogen and oxygen atoms in total. The molecule has 0 bridgehead atoms. The van der Waals surface area contributed by atoms with Crippen LogP contribution in [0.4, 0.5) is 26.2 Å². The summed E-state index contributed by atoms with van der Waals surface area (Å²) in [6, 6.07) is 6.83. The molecule has 1 aromatic carbocycles. The first-order valence-electron chi connectivity index (χ1n) is 12.1. The Morgan fingerprint density at radius 3 is 2.56 bits per heavy atom. The molecule has 1 aliphatic carbocycles. The van der Waals surface area contributed by atoms with Crippen molar-refractivity contribution in [3.8, 4) is 0 Å². The van der Waals surface area contributed by atoms with Crippen LogP contribution in [0.25, 0.3) is 0 Å². The number of aromatic nitrogens is 2. The van der Waals surface area contributed by atoms with Gasteiger partial charge in [-0.2, -0.15) is 4.98 Å². The van der Waals surface area contributed by atoms with Crippen LogP contribution >= 0.6 is 0 Å². The van der Waals surface area contributed by atoms with Gasteiger partial charge < -0.3 is 25.8 Å². The van der Waals surface area contributed by atoms with Gasteiger partial charge in [-0.1, -0.05) is 6.42 Å². The Morgan fingerprint density at radius 2 is 1.86 bits per heavy atom. The smallest absolute Gasteiger partial charge is 0.255 e. The zero-order valence-electron chi connectivity index (χ0n) is 20.2. The van der Waals surface area contributed by atoms with Gasteiger partial charge in [-0.15, -0.1) is 0 Å². The molecule has 2 amide bonds. The predicted octanol–water partition coefficient (Wildman–Crippen LogP) is 1.36. The number of likely N-dealkylation sites (N-methyl/N-ethyl adjacent to an activating group) is 1. The minimum atomic E-state index is -2.59. The highest BCUT2D eigenvalue weighted by Crippen LogP contribution is 2.28. The van der Waals surface area contributed by atoms with Crippen molar-refractivity contribution in [3.63, 3.8) is 0 Å². The average Bonchev–Trinajstić information content (AvgIpc) is 3.33. The van der Waals surface area contributed by atoms with Gasteiger partial charge in [0.25, 0.3) is 12.3 Å². The predicted molar refractivity (Wildman–Crippen MR) is 134 cm³/mol. The zero-order chi connectivity index (χ0) is 25.7. The van der Waals surface area contributed by atoms with Crippen LogP contribution in [-0.2, 0) is 4.79 Å². The van der Waals surface area contributed by atoms with Crippen molar-refractivity contribution in [3.05, 3.63) is 36.0 Å². The third-order valence-electron chi connectivity index (χ3n) is 6.60. The van der Waals surface area contributed by atoms with E-state index in [-0.39, 0.29) is 11.9 Å². The van der Waals surface area contributed by atoms with Crippen molar-refractivity contribution in [1.29, 1.82) is 0 Å². The van der Waals surface area contributed by atoms with E-state index in [2.05, 4.69) is 30.8 Å². The van der Waals surface area contributed by atoms with Gasteiger partial charge in [0.1, 0.15) is 13.7 Å². The Kier molecular flexibility index (Phi) is 8.34. The number of alkyl halides is 2. The summed E-state index contributed by atoms with van der Waals surface area (Å²) in [5, 5.41) is 8.60. The SMILES string of the molecule is [B]c1cnc(Nc2ccc(C(=O)N3CCN(C)CC3)cc2)nc1N[C@@H]1CCC[C@@H]1C(=O)NCC(F)F. The second-order valence-electron chi connectivity index (χ2n) is 9.22. The molecule has 2 atom stereocenters. The fourth-order valence-corrected chi connectivity index (χ4v) is 4.52. The van der Waals surface area contributed by atoms with Crippen LogP contribution in [0.3, 0.4) is 0 Å².